The van der Waals surface area contributed by atoms with Gasteiger partial charge in [0.25, 0.3) is 5.56 Å². The van der Waals surface area contributed by atoms with Gasteiger partial charge in [-0.05, 0) is 71.5 Å². The van der Waals surface area contributed by atoms with Crippen molar-refractivity contribution < 1.29 is 4.79 Å². The number of piperidine rings is 2. The number of nitrogens with zero attached hydrogens (tertiary/aromatic N) is 4. The highest BCUT2D eigenvalue weighted by Gasteiger charge is 2.37. The topological polar surface area (TPSA) is 60.8 Å². The van der Waals surface area contributed by atoms with Crippen molar-refractivity contribution in [3.63, 3.8) is 0 Å². The minimum Gasteiger partial charge on any atom is -0.320 e. The summed E-state index contributed by atoms with van der Waals surface area (Å²) in [6, 6.07) is 4.55. The highest BCUT2D eigenvalue weighted by molar-refractivity contribution is 5.92. The zero-order valence-corrected chi connectivity index (χ0v) is 17.4. The van der Waals surface area contributed by atoms with Gasteiger partial charge in [0.1, 0.15) is 5.69 Å². The molecule has 4 heterocycles. The SMILES string of the molecule is CN(C)CC(=O)Nc1ccc2n(c1=O)C[C@H]1C[C@@H]2CN(C2CCN(C)CC2)C1. The van der Waals surface area contributed by atoms with Gasteiger partial charge in [-0.2, -0.15) is 0 Å². The third-order valence-electron chi connectivity index (χ3n) is 6.57. The van der Waals surface area contributed by atoms with Crippen molar-refractivity contribution >= 4 is 11.6 Å². The number of pyridine rings is 1. The largest absolute Gasteiger partial charge is 0.320 e. The van der Waals surface area contributed by atoms with E-state index in [1.54, 1.807) is 11.0 Å². The molecule has 0 radical (unpaired) electrons. The van der Waals surface area contributed by atoms with Crippen LogP contribution in [0.3, 0.4) is 0 Å². The number of anilines is 1. The van der Waals surface area contributed by atoms with Crippen LogP contribution in [0.25, 0.3) is 0 Å². The third kappa shape index (κ3) is 4.02. The molecule has 2 atom stereocenters. The second kappa shape index (κ2) is 7.97. The van der Waals surface area contributed by atoms with Gasteiger partial charge in [-0.25, -0.2) is 0 Å². The summed E-state index contributed by atoms with van der Waals surface area (Å²) in [6.07, 6.45) is 3.67. The number of nitrogens with one attached hydrogen (secondary N) is 1. The molecule has 0 unspecified atom stereocenters. The Morgan fingerprint density at radius 1 is 1.18 bits per heavy atom. The van der Waals surface area contributed by atoms with Gasteiger partial charge in [-0.1, -0.05) is 0 Å². The Morgan fingerprint density at radius 3 is 2.64 bits per heavy atom. The second-order valence-electron chi connectivity index (χ2n) is 9.16. The summed E-state index contributed by atoms with van der Waals surface area (Å²) < 4.78 is 1.93. The lowest BCUT2D eigenvalue weighted by molar-refractivity contribution is -0.116. The number of aromatic nitrogens is 1. The van der Waals surface area contributed by atoms with Crippen LogP contribution in [0, 0.1) is 5.92 Å². The highest BCUT2D eigenvalue weighted by atomic mass is 16.2. The minimum atomic E-state index is -0.146. The Bertz CT molecular complexity index is 781. The van der Waals surface area contributed by atoms with Crippen LogP contribution in [0.15, 0.2) is 16.9 Å². The molecule has 1 N–H and O–H groups in total. The molecular weight excluding hydrogens is 354 g/mol. The van der Waals surface area contributed by atoms with E-state index in [4.69, 9.17) is 0 Å². The molecule has 2 fully saturated rings. The molecular formula is C21H33N5O2. The van der Waals surface area contributed by atoms with E-state index in [1.807, 2.05) is 18.7 Å². The van der Waals surface area contributed by atoms with Crippen LogP contribution < -0.4 is 10.9 Å². The zero-order chi connectivity index (χ0) is 19.8. The molecule has 4 rings (SSSR count). The molecule has 1 aromatic rings. The van der Waals surface area contributed by atoms with E-state index in [0.29, 0.717) is 23.6 Å². The van der Waals surface area contributed by atoms with E-state index >= 15 is 0 Å². The molecule has 3 aliphatic heterocycles. The lowest BCUT2D eigenvalue weighted by Crippen LogP contribution is -2.53. The highest BCUT2D eigenvalue weighted by Crippen LogP contribution is 2.37. The first-order valence-electron chi connectivity index (χ1n) is 10.5. The van der Waals surface area contributed by atoms with Crippen molar-refractivity contribution in [2.24, 2.45) is 5.92 Å². The van der Waals surface area contributed by atoms with E-state index < -0.39 is 0 Å². The standard InChI is InChI=1S/C21H33N5O2/c1-23(2)14-20(27)22-18-4-5-19-16-10-15(12-26(19)21(18)28)11-25(13-16)17-6-8-24(3)9-7-17/h4-5,15-17H,6-14H2,1-3H3,(H,22,27)/t15-,16+/m0/s1. The predicted molar refractivity (Wildman–Crippen MR) is 111 cm³/mol. The monoisotopic (exact) mass is 387 g/mol. The number of rotatable bonds is 4. The molecule has 0 aliphatic carbocycles. The van der Waals surface area contributed by atoms with E-state index in [-0.39, 0.29) is 18.0 Å². The Hall–Kier alpha value is -1.70. The van der Waals surface area contributed by atoms with Crippen LogP contribution in [0.1, 0.15) is 30.9 Å². The van der Waals surface area contributed by atoms with E-state index in [9.17, 15) is 9.59 Å². The molecule has 7 heteroatoms. The van der Waals surface area contributed by atoms with Gasteiger partial charge >= 0.3 is 0 Å². The summed E-state index contributed by atoms with van der Waals surface area (Å²) in [5.41, 5.74) is 1.50. The lowest BCUT2D eigenvalue weighted by Gasteiger charge is -2.47. The molecule has 0 saturated carbocycles. The van der Waals surface area contributed by atoms with Gasteiger partial charge in [0.15, 0.2) is 0 Å². The normalized spacial score (nSPS) is 26.3. The number of carbonyl (C=O) groups is 1. The summed E-state index contributed by atoms with van der Waals surface area (Å²) in [6.45, 7) is 5.55. The second-order valence-corrected chi connectivity index (χ2v) is 9.16. The maximum absolute atomic E-state index is 13.0. The molecule has 3 aliphatic rings. The number of carbonyl (C=O) groups excluding carboxylic acids is 1. The maximum Gasteiger partial charge on any atom is 0.274 e. The fourth-order valence-corrected chi connectivity index (χ4v) is 5.21. The van der Waals surface area contributed by atoms with Crippen LogP contribution in [0.4, 0.5) is 5.69 Å². The molecule has 154 valence electrons. The van der Waals surface area contributed by atoms with Crippen molar-refractivity contribution in [1.82, 2.24) is 19.3 Å². The smallest absolute Gasteiger partial charge is 0.274 e. The molecule has 0 aromatic carbocycles. The first-order chi connectivity index (χ1) is 13.4. The molecule has 7 nitrogen and oxygen atoms in total. The Kier molecular flexibility index (Phi) is 5.58. The number of hydrogen-bond donors (Lipinski definition) is 1. The van der Waals surface area contributed by atoms with E-state index in [1.165, 1.54) is 32.4 Å². The summed E-state index contributed by atoms with van der Waals surface area (Å²) in [7, 11) is 5.89. The zero-order valence-electron chi connectivity index (χ0n) is 17.4. The fourth-order valence-electron chi connectivity index (χ4n) is 5.21. The fraction of sp³-hybridized carbons (Fsp3) is 0.714. The molecule has 28 heavy (non-hydrogen) atoms. The molecule has 2 bridgehead atoms. The third-order valence-corrected chi connectivity index (χ3v) is 6.57. The molecule has 1 aromatic heterocycles. The Labute approximate surface area is 167 Å². The van der Waals surface area contributed by atoms with Gasteiger partial charge in [0.05, 0.1) is 6.54 Å². The Morgan fingerprint density at radius 2 is 1.93 bits per heavy atom. The van der Waals surface area contributed by atoms with Crippen LogP contribution >= 0.6 is 0 Å². The van der Waals surface area contributed by atoms with Crippen molar-refractivity contribution in [1.29, 1.82) is 0 Å². The maximum atomic E-state index is 13.0. The first kappa shape index (κ1) is 19.6. The van der Waals surface area contributed by atoms with Crippen molar-refractivity contribution in [3.8, 4) is 0 Å². The average molecular weight is 388 g/mol. The minimum absolute atomic E-state index is 0.0490. The quantitative estimate of drug-likeness (QED) is 0.831. The van der Waals surface area contributed by atoms with E-state index in [2.05, 4.69) is 28.2 Å². The first-order valence-corrected chi connectivity index (χ1v) is 10.5. The van der Waals surface area contributed by atoms with Crippen molar-refractivity contribution in [3.05, 3.63) is 28.2 Å². The van der Waals surface area contributed by atoms with Gasteiger partial charge in [0.2, 0.25) is 5.91 Å². The van der Waals surface area contributed by atoms with Crippen molar-refractivity contribution in [2.45, 2.75) is 37.8 Å². The molecule has 1 amide bonds. The lowest BCUT2D eigenvalue weighted by atomic mass is 9.82. The Balaban J connectivity index is 1.50. The van der Waals surface area contributed by atoms with Gasteiger partial charge in [-0.15, -0.1) is 0 Å². The number of likely N-dealkylation sites (N-methyl/N-ethyl adjacent to an activating group) is 1. The average Bonchev–Trinajstić information content (AvgIpc) is 2.64. The molecule has 2 saturated heterocycles. The molecule has 0 spiro atoms. The number of likely N-dealkylation sites (tertiary alicyclic amines) is 2. The van der Waals surface area contributed by atoms with Gasteiger partial charge in [0, 0.05) is 37.3 Å². The summed E-state index contributed by atoms with van der Waals surface area (Å²) in [4.78, 5) is 32.0. The van der Waals surface area contributed by atoms with Crippen LogP contribution in [-0.2, 0) is 11.3 Å². The predicted octanol–water partition coefficient (Wildman–Crippen LogP) is 0.862. The number of fused-ring (bicyclic) bond motifs is 4. The van der Waals surface area contributed by atoms with Crippen LogP contribution in [0.2, 0.25) is 0 Å². The van der Waals surface area contributed by atoms with Gasteiger partial charge < -0.3 is 19.7 Å². The number of hydrogen-bond acceptors (Lipinski definition) is 5. The summed E-state index contributed by atoms with van der Waals surface area (Å²) >= 11 is 0. The number of amides is 1. The summed E-state index contributed by atoms with van der Waals surface area (Å²) in [5.74, 6) is 0.801. The van der Waals surface area contributed by atoms with E-state index in [0.717, 1.165) is 25.3 Å². The van der Waals surface area contributed by atoms with Crippen LogP contribution in [0.5, 0.6) is 0 Å². The van der Waals surface area contributed by atoms with Crippen LogP contribution in [-0.4, -0.2) is 85.1 Å². The van der Waals surface area contributed by atoms with Crippen molar-refractivity contribution in [2.75, 3.05) is 59.2 Å². The van der Waals surface area contributed by atoms with Gasteiger partial charge in [-0.3, -0.25) is 14.5 Å². The summed E-state index contributed by atoms with van der Waals surface area (Å²) in [5, 5.41) is 2.79.